The lowest BCUT2D eigenvalue weighted by Crippen LogP contribution is -1.89. The highest BCUT2D eigenvalue weighted by Crippen LogP contribution is 2.32. The van der Waals surface area contributed by atoms with Gasteiger partial charge in [-0.2, -0.15) is 0 Å². The Morgan fingerprint density at radius 1 is 1.35 bits per heavy atom. The molecule has 1 heterocycles. The molecule has 17 heavy (non-hydrogen) atoms. The predicted octanol–water partition coefficient (Wildman–Crippen LogP) is 4.47. The van der Waals surface area contributed by atoms with Crippen LogP contribution in [0.1, 0.15) is 31.2 Å². The third kappa shape index (κ3) is 3.13. The smallest absolute Gasteiger partial charge is 0.0907 e. The summed E-state index contributed by atoms with van der Waals surface area (Å²) in [6.45, 7) is 4.26. The second kappa shape index (κ2) is 5.74. The standard InChI is InChI=1S/C13H18N2S2/c1-3-4-5-6-16-12-8-11-13(7-10(12)14)17-9(2)15-11/h7-8H,3-6,14H2,1-2H3. The van der Waals surface area contributed by atoms with E-state index in [9.17, 15) is 0 Å². The third-order valence-electron chi connectivity index (χ3n) is 2.63. The van der Waals surface area contributed by atoms with Crippen LogP contribution in [0.2, 0.25) is 0 Å². The highest BCUT2D eigenvalue weighted by Gasteiger charge is 2.06. The molecule has 2 nitrogen and oxygen atoms in total. The third-order valence-corrected chi connectivity index (χ3v) is 4.72. The number of nitrogens with zero attached hydrogens (tertiary/aromatic N) is 1. The molecule has 0 fully saturated rings. The molecule has 92 valence electrons. The van der Waals surface area contributed by atoms with Gasteiger partial charge < -0.3 is 5.73 Å². The van der Waals surface area contributed by atoms with E-state index in [2.05, 4.69) is 24.0 Å². The number of thiazole rings is 1. The molecule has 0 aliphatic carbocycles. The van der Waals surface area contributed by atoms with Gasteiger partial charge in [0.1, 0.15) is 0 Å². The van der Waals surface area contributed by atoms with E-state index >= 15 is 0 Å². The van der Waals surface area contributed by atoms with Crippen LogP contribution < -0.4 is 5.73 Å². The summed E-state index contributed by atoms with van der Waals surface area (Å²) >= 11 is 3.56. The van der Waals surface area contributed by atoms with E-state index in [0.29, 0.717) is 0 Å². The largest absolute Gasteiger partial charge is 0.398 e. The van der Waals surface area contributed by atoms with Gasteiger partial charge in [0.25, 0.3) is 0 Å². The van der Waals surface area contributed by atoms with Gasteiger partial charge in [-0.1, -0.05) is 19.8 Å². The second-order valence-corrected chi connectivity index (χ2v) is 6.52. The first-order chi connectivity index (χ1) is 8.20. The molecule has 0 atom stereocenters. The van der Waals surface area contributed by atoms with Crippen molar-refractivity contribution in [3.05, 3.63) is 17.1 Å². The fourth-order valence-electron chi connectivity index (χ4n) is 1.74. The average Bonchev–Trinajstić information content (AvgIpc) is 2.63. The van der Waals surface area contributed by atoms with Crippen LogP contribution in [0.25, 0.3) is 10.2 Å². The highest BCUT2D eigenvalue weighted by atomic mass is 32.2. The number of nitrogen functional groups attached to an aromatic ring is 1. The molecule has 0 aliphatic heterocycles. The average molecular weight is 266 g/mol. The fraction of sp³-hybridized carbons (Fsp3) is 0.462. The van der Waals surface area contributed by atoms with Gasteiger partial charge in [-0.3, -0.25) is 0 Å². The van der Waals surface area contributed by atoms with E-state index in [1.54, 1.807) is 11.3 Å². The Hall–Kier alpha value is -0.740. The molecular formula is C13H18N2S2. The number of rotatable bonds is 5. The van der Waals surface area contributed by atoms with Crippen LogP contribution in [0.5, 0.6) is 0 Å². The Morgan fingerprint density at radius 3 is 2.94 bits per heavy atom. The molecule has 0 spiro atoms. The van der Waals surface area contributed by atoms with Gasteiger partial charge in [0.15, 0.2) is 0 Å². The predicted molar refractivity (Wildman–Crippen MR) is 79.0 cm³/mol. The summed E-state index contributed by atoms with van der Waals surface area (Å²) in [7, 11) is 0. The summed E-state index contributed by atoms with van der Waals surface area (Å²) < 4.78 is 1.19. The number of aryl methyl sites for hydroxylation is 1. The van der Waals surface area contributed by atoms with Crippen LogP contribution in [0, 0.1) is 6.92 Å². The van der Waals surface area contributed by atoms with Crippen LogP contribution in [0.4, 0.5) is 5.69 Å². The number of benzene rings is 1. The SMILES string of the molecule is CCCCCSc1cc2nc(C)sc2cc1N. The van der Waals surface area contributed by atoms with Crippen molar-refractivity contribution in [1.82, 2.24) is 4.98 Å². The molecule has 0 saturated carbocycles. The minimum atomic E-state index is 0.891. The number of anilines is 1. The fourth-order valence-corrected chi connectivity index (χ4v) is 3.59. The quantitative estimate of drug-likeness (QED) is 0.493. The second-order valence-electron chi connectivity index (χ2n) is 4.15. The van der Waals surface area contributed by atoms with E-state index in [-0.39, 0.29) is 0 Å². The van der Waals surface area contributed by atoms with Gasteiger partial charge in [0.2, 0.25) is 0 Å². The number of thioether (sulfide) groups is 1. The Bertz CT molecular complexity index is 505. The lowest BCUT2D eigenvalue weighted by Gasteiger charge is -2.05. The van der Waals surface area contributed by atoms with Gasteiger partial charge in [0.05, 0.1) is 15.2 Å². The van der Waals surface area contributed by atoms with Gasteiger partial charge in [-0.15, -0.1) is 23.1 Å². The van der Waals surface area contributed by atoms with Crippen molar-refractivity contribution in [2.24, 2.45) is 0 Å². The molecule has 1 aromatic carbocycles. The van der Waals surface area contributed by atoms with Crippen molar-refractivity contribution in [3.8, 4) is 0 Å². The first kappa shape index (κ1) is 12.7. The van der Waals surface area contributed by atoms with Gasteiger partial charge in [-0.05, 0) is 31.2 Å². The zero-order valence-corrected chi connectivity index (χ0v) is 12.0. The van der Waals surface area contributed by atoms with Gasteiger partial charge in [0, 0.05) is 10.6 Å². The van der Waals surface area contributed by atoms with Crippen LogP contribution in [-0.4, -0.2) is 10.7 Å². The summed E-state index contributed by atoms with van der Waals surface area (Å²) in [6.07, 6.45) is 3.82. The molecule has 0 saturated heterocycles. The molecule has 4 heteroatoms. The van der Waals surface area contributed by atoms with Crippen molar-refractivity contribution in [1.29, 1.82) is 0 Å². The van der Waals surface area contributed by atoms with E-state index in [1.807, 2.05) is 18.7 Å². The number of nitrogens with two attached hydrogens (primary N) is 1. The topological polar surface area (TPSA) is 38.9 Å². The monoisotopic (exact) mass is 266 g/mol. The minimum absolute atomic E-state index is 0.891. The maximum atomic E-state index is 6.07. The van der Waals surface area contributed by atoms with Crippen LogP contribution >= 0.6 is 23.1 Å². The molecule has 0 aliphatic rings. The summed E-state index contributed by atoms with van der Waals surface area (Å²) in [5.74, 6) is 1.15. The molecule has 0 bridgehead atoms. The number of aromatic nitrogens is 1. The maximum Gasteiger partial charge on any atom is 0.0907 e. The molecule has 2 aromatic rings. The highest BCUT2D eigenvalue weighted by molar-refractivity contribution is 7.99. The Morgan fingerprint density at radius 2 is 2.18 bits per heavy atom. The Labute approximate surface area is 111 Å². The summed E-state index contributed by atoms with van der Waals surface area (Å²) in [5.41, 5.74) is 8.04. The molecule has 0 amide bonds. The molecule has 0 radical (unpaired) electrons. The lowest BCUT2D eigenvalue weighted by atomic mass is 10.3. The van der Waals surface area contributed by atoms with E-state index in [1.165, 1.54) is 28.9 Å². The molecule has 1 aromatic heterocycles. The first-order valence-corrected chi connectivity index (χ1v) is 7.80. The number of hydrogen-bond donors (Lipinski definition) is 1. The molecule has 0 unspecified atom stereocenters. The lowest BCUT2D eigenvalue weighted by molar-refractivity contribution is 0.778. The van der Waals surface area contributed by atoms with Gasteiger partial charge in [-0.25, -0.2) is 4.98 Å². The minimum Gasteiger partial charge on any atom is -0.398 e. The van der Waals surface area contributed by atoms with Crippen molar-refractivity contribution in [2.45, 2.75) is 38.0 Å². The summed E-state index contributed by atoms with van der Waals surface area (Å²) in [5, 5.41) is 1.10. The Balaban J connectivity index is 2.13. The summed E-state index contributed by atoms with van der Waals surface area (Å²) in [6, 6.07) is 4.19. The van der Waals surface area contributed by atoms with E-state index < -0.39 is 0 Å². The number of hydrogen-bond acceptors (Lipinski definition) is 4. The van der Waals surface area contributed by atoms with Crippen molar-refractivity contribution in [2.75, 3.05) is 11.5 Å². The van der Waals surface area contributed by atoms with Gasteiger partial charge >= 0.3 is 0 Å². The zero-order chi connectivity index (χ0) is 12.3. The van der Waals surface area contributed by atoms with Crippen LogP contribution in [0.15, 0.2) is 17.0 Å². The number of fused-ring (bicyclic) bond motifs is 1. The van der Waals surface area contributed by atoms with Crippen molar-refractivity contribution in [3.63, 3.8) is 0 Å². The van der Waals surface area contributed by atoms with E-state index in [4.69, 9.17) is 5.73 Å². The number of unbranched alkanes of at least 4 members (excludes halogenated alkanes) is 2. The molecular weight excluding hydrogens is 248 g/mol. The molecule has 2 N–H and O–H groups in total. The Kier molecular flexibility index (Phi) is 4.29. The summed E-state index contributed by atoms with van der Waals surface area (Å²) in [4.78, 5) is 5.69. The van der Waals surface area contributed by atoms with Crippen molar-refractivity contribution >= 4 is 39.0 Å². The molecule has 2 rings (SSSR count). The maximum absolute atomic E-state index is 6.07. The first-order valence-electron chi connectivity index (χ1n) is 6.00. The van der Waals surface area contributed by atoms with Crippen LogP contribution in [0.3, 0.4) is 0 Å². The zero-order valence-electron chi connectivity index (χ0n) is 10.3. The normalized spacial score (nSPS) is 11.2. The van der Waals surface area contributed by atoms with Crippen LogP contribution in [-0.2, 0) is 0 Å². The van der Waals surface area contributed by atoms with E-state index in [0.717, 1.165) is 22.0 Å². The van der Waals surface area contributed by atoms with Crippen molar-refractivity contribution < 1.29 is 0 Å².